The third-order valence-electron chi connectivity index (χ3n) is 2.65. The van der Waals surface area contributed by atoms with Gasteiger partial charge in [-0.2, -0.15) is 0 Å². The van der Waals surface area contributed by atoms with Gasteiger partial charge < -0.3 is 10.2 Å². The lowest BCUT2D eigenvalue weighted by Crippen LogP contribution is -2.31. The Balaban J connectivity index is 2.29. The summed E-state index contributed by atoms with van der Waals surface area (Å²) in [7, 11) is 2.14. The normalized spacial score (nSPS) is 10.8. The molecule has 16 heavy (non-hydrogen) atoms. The number of aryl methyl sites for hydroxylation is 1. The second-order valence-corrected chi connectivity index (χ2v) is 4.86. The van der Waals surface area contributed by atoms with E-state index in [1.807, 2.05) is 0 Å². The topological polar surface area (TPSA) is 15.3 Å². The molecule has 1 rings (SSSR count). The summed E-state index contributed by atoms with van der Waals surface area (Å²) in [6, 6.07) is 8.68. The summed E-state index contributed by atoms with van der Waals surface area (Å²) in [6.45, 7) is 9.78. The molecular formula is C14H24N2. The summed E-state index contributed by atoms with van der Waals surface area (Å²) in [4.78, 5) is 2.28. The molecule has 1 aromatic carbocycles. The Bertz CT molecular complexity index is 290. The van der Waals surface area contributed by atoms with Gasteiger partial charge in [-0.1, -0.05) is 31.5 Å². The fourth-order valence-electron chi connectivity index (χ4n) is 1.57. The maximum Gasteiger partial charge on any atom is 0.0364 e. The number of likely N-dealkylation sites (N-methyl/N-ethyl adjacent to an activating group) is 1. The van der Waals surface area contributed by atoms with Crippen LogP contribution in [0.5, 0.6) is 0 Å². The lowest BCUT2D eigenvalue weighted by molar-refractivity contribution is 0.554. The van der Waals surface area contributed by atoms with Crippen LogP contribution < -0.4 is 10.2 Å². The number of nitrogens with one attached hydrogen (secondary N) is 1. The zero-order chi connectivity index (χ0) is 12.0. The molecule has 0 atom stereocenters. The molecule has 0 spiro atoms. The molecule has 0 unspecified atom stereocenters. The second kappa shape index (κ2) is 6.54. The highest BCUT2D eigenvalue weighted by atomic mass is 15.1. The van der Waals surface area contributed by atoms with E-state index >= 15 is 0 Å². The lowest BCUT2D eigenvalue weighted by atomic mass is 10.2. The van der Waals surface area contributed by atoms with E-state index in [0.717, 1.165) is 25.6 Å². The maximum atomic E-state index is 3.46. The molecule has 0 saturated carbocycles. The molecule has 0 radical (unpaired) electrons. The molecule has 0 saturated heterocycles. The summed E-state index contributed by atoms with van der Waals surface area (Å²) in [6.07, 6.45) is 0. The summed E-state index contributed by atoms with van der Waals surface area (Å²) < 4.78 is 0. The van der Waals surface area contributed by atoms with Crippen LogP contribution in [0, 0.1) is 12.8 Å². The van der Waals surface area contributed by atoms with E-state index in [9.17, 15) is 0 Å². The van der Waals surface area contributed by atoms with Gasteiger partial charge in [0.25, 0.3) is 0 Å². The van der Waals surface area contributed by atoms with Gasteiger partial charge in [-0.15, -0.1) is 0 Å². The monoisotopic (exact) mass is 220 g/mol. The lowest BCUT2D eigenvalue weighted by Gasteiger charge is -2.20. The van der Waals surface area contributed by atoms with Crippen molar-refractivity contribution in [2.45, 2.75) is 20.8 Å². The van der Waals surface area contributed by atoms with E-state index < -0.39 is 0 Å². The minimum atomic E-state index is 0.727. The van der Waals surface area contributed by atoms with Crippen molar-refractivity contribution in [2.75, 3.05) is 31.6 Å². The van der Waals surface area contributed by atoms with Gasteiger partial charge >= 0.3 is 0 Å². The van der Waals surface area contributed by atoms with Crippen LogP contribution in [0.25, 0.3) is 0 Å². The van der Waals surface area contributed by atoms with Crippen LogP contribution in [0.2, 0.25) is 0 Å². The van der Waals surface area contributed by atoms with Gasteiger partial charge in [-0.05, 0) is 31.5 Å². The van der Waals surface area contributed by atoms with Crippen molar-refractivity contribution in [2.24, 2.45) is 5.92 Å². The third kappa shape index (κ3) is 4.67. The van der Waals surface area contributed by atoms with Gasteiger partial charge in [0, 0.05) is 25.8 Å². The van der Waals surface area contributed by atoms with Gasteiger partial charge in [0.05, 0.1) is 0 Å². The Labute approximate surface area is 99.7 Å². The van der Waals surface area contributed by atoms with Crippen LogP contribution in [0.15, 0.2) is 24.3 Å². The first kappa shape index (κ1) is 13.0. The average Bonchev–Trinajstić information content (AvgIpc) is 2.25. The molecule has 2 heteroatoms. The molecule has 0 fully saturated rings. The van der Waals surface area contributed by atoms with Crippen molar-refractivity contribution in [3.63, 3.8) is 0 Å². The highest BCUT2D eigenvalue weighted by molar-refractivity contribution is 5.46. The van der Waals surface area contributed by atoms with Crippen LogP contribution in [-0.4, -0.2) is 26.7 Å². The molecular weight excluding hydrogens is 196 g/mol. The second-order valence-electron chi connectivity index (χ2n) is 4.86. The Morgan fingerprint density at radius 3 is 2.38 bits per heavy atom. The molecule has 90 valence electrons. The first-order chi connectivity index (χ1) is 7.59. The fraction of sp³-hybridized carbons (Fsp3) is 0.571. The predicted octanol–water partition coefficient (Wildman–Crippen LogP) is 2.68. The zero-order valence-corrected chi connectivity index (χ0v) is 11.0. The quantitative estimate of drug-likeness (QED) is 0.742. The molecule has 0 aliphatic heterocycles. The van der Waals surface area contributed by atoms with E-state index in [2.05, 4.69) is 62.3 Å². The first-order valence-electron chi connectivity index (χ1n) is 6.08. The molecule has 2 nitrogen and oxygen atoms in total. The van der Waals surface area contributed by atoms with Crippen molar-refractivity contribution in [3.05, 3.63) is 29.8 Å². The SMILES string of the molecule is Cc1ccc(N(C)CCNCC(C)C)cc1. The Morgan fingerprint density at radius 2 is 1.81 bits per heavy atom. The fourth-order valence-corrected chi connectivity index (χ4v) is 1.57. The van der Waals surface area contributed by atoms with Gasteiger partial charge in [0.2, 0.25) is 0 Å². The highest BCUT2D eigenvalue weighted by Crippen LogP contribution is 2.12. The molecule has 0 aliphatic carbocycles. The van der Waals surface area contributed by atoms with Crippen LogP contribution in [0.4, 0.5) is 5.69 Å². The predicted molar refractivity (Wildman–Crippen MR) is 72.2 cm³/mol. The standard InChI is InChI=1S/C14H24N2/c1-12(2)11-15-9-10-16(4)14-7-5-13(3)6-8-14/h5-8,12,15H,9-11H2,1-4H3. The van der Waals surface area contributed by atoms with E-state index in [0.29, 0.717) is 0 Å². The van der Waals surface area contributed by atoms with E-state index in [1.165, 1.54) is 11.3 Å². The maximum absolute atomic E-state index is 3.46. The van der Waals surface area contributed by atoms with Crippen LogP contribution in [0.3, 0.4) is 0 Å². The number of hydrogen-bond acceptors (Lipinski definition) is 2. The Kier molecular flexibility index (Phi) is 5.33. The van der Waals surface area contributed by atoms with Crippen LogP contribution in [-0.2, 0) is 0 Å². The number of anilines is 1. The molecule has 0 aliphatic rings. The molecule has 1 aromatic rings. The van der Waals surface area contributed by atoms with Gasteiger partial charge in [0.1, 0.15) is 0 Å². The Morgan fingerprint density at radius 1 is 1.19 bits per heavy atom. The van der Waals surface area contributed by atoms with E-state index in [1.54, 1.807) is 0 Å². The van der Waals surface area contributed by atoms with Gasteiger partial charge in [0.15, 0.2) is 0 Å². The number of nitrogens with zero attached hydrogens (tertiary/aromatic N) is 1. The number of benzene rings is 1. The summed E-state index contributed by atoms with van der Waals surface area (Å²) in [5.74, 6) is 0.727. The molecule has 0 amide bonds. The third-order valence-corrected chi connectivity index (χ3v) is 2.65. The smallest absolute Gasteiger partial charge is 0.0364 e. The van der Waals surface area contributed by atoms with Gasteiger partial charge in [-0.25, -0.2) is 0 Å². The molecule has 0 bridgehead atoms. The van der Waals surface area contributed by atoms with Crippen LogP contribution in [0.1, 0.15) is 19.4 Å². The van der Waals surface area contributed by atoms with Crippen molar-refractivity contribution >= 4 is 5.69 Å². The summed E-state index contributed by atoms with van der Waals surface area (Å²) in [5, 5.41) is 3.46. The van der Waals surface area contributed by atoms with E-state index in [4.69, 9.17) is 0 Å². The van der Waals surface area contributed by atoms with Crippen LogP contribution >= 0.6 is 0 Å². The van der Waals surface area contributed by atoms with Crippen molar-refractivity contribution in [1.29, 1.82) is 0 Å². The Hall–Kier alpha value is -1.02. The van der Waals surface area contributed by atoms with Crippen molar-refractivity contribution in [1.82, 2.24) is 5.32 Å². The molecule has 0 heterocycles. The largest absolute Gasteiger partial charge is 0.373 e. The zero-order valence-electron chi connectivity index (χ0n) is 11.0. The van der Waals surface area contributed by atoms with E-state index in [-0.39, 0.29) is 0 Å². The number of rotatable bonds is 6. The summed E-state index contributed by atoms with van der Waals surface area (Å²) >= 11 is 0. The molecule has 1 N–H and O–H groups in total. The van der Waals surface area contributed by atoms with Crippen molar-refractivity contribution < 1.29 is 0 Å². The minimum absolute atomic E-state index is 0.727. The molecule has 0 aromatic heterocycles. The van der Waals surface area contributed by atoms with Crippen molar-refractivity contribution in [3.8, 4) is 0 Å². The average molecular weight is 220 g/mol. The minimum Gasteiger partial charge on any atom is -0.373 e. The number of hydrogen-bond donors (Lipinski definition) is 1. The highest BCUT2D eigenvalue weighted by Gasteiger charge is 1.99. The summed E-state index contributed by atoms with van der Waals surface area (Å²) in [5.41, 5.74) is 2.60. The van der Waals surface area contributed by atoms with Gasteiger partial charge in [-0.3, -0.25) is 0 Å². The first-order valence-corrected chi connectivity index (χ1v) is 6.08.